The summed E-state index contributed by atoms with van der Waals surface area (Å²) >= 11 is 1.39. The molecule has 0 aromatic carbocycles. The zero-order chi connectivity index (χ0) is 13.3. The summed E-state index contributed by atoms with van der Waals surface area (Å²) in [6.45, 7) is 2.24. The van der Waals surface area contributed by atoms with Gasteiger partial charge in [-0.05, 0) is 11.8 Å². The molecule has 0 aliphatic rings. The fourth-order valence-electron chi connectivity index (χ4n) is 1.33. The summed E-state index contributed by atoms with van der Waals surface area (Å²) in [5, 5.41) is 4.69. The minimum Gasteiger partial charge on any atom is -0.383 e. The van der Waals surface area contributed by atoms with E-state index in [4.69, 9.17) is 4.74 Å². The highest BCUT2D eigenvalue weighted by atomic mass is 32.2. The van der Waals surface area contributed by atoms with Gasteiger partial charge in [0.25, 0.3) is 0 Å². The van der Waals surface area contributed by atoms with Crippen molar-refractivity contribution in [2.24, 2.45) is 0 Å². The Morgan fingerprint density at radius 2 is 2.00 bits per heavy atom. The highest BCUT2D eigenvalue weighted by Gasteiger charge is 2.02. The first-order valence-electron chi connectivity index (χ1n) is 5.83. The zero-order valence-corrected chi connectivity index (χ0v) is 11.4. The Labute approximate surface area is 116 Å². The Kier molecular flexibility index (Phi) is 5.67. The Bertz CT molecular complexity index is 479. The topological polar surface area (TPSA) is 72.8 Å². The summed E-state index contributed by atoms with van der Waals surface area (Å²) in [5.41, 5.74) is 1.04. The van der Waals surface area contributed by atoms with E-state index in [2.05, 4.69) is 25.3 Å². The second-order valence-electron chi connectivity index (χ2n) is 3.69. The second-order valence-corrected chi connectivity index (χ2v) is 4.68. The van der Waals surface area contributed by atoms with Crippen molar-refractivity contribution < 1.29 is 4.74 Å². The van der Waals surface area contributed by atoms with Gasteiger partial charge in [-0.2, -0.15) is 0 Å². The predicted molar refractivity (Wildman–Crippen MR) is 71.8 cm³/mol. The molecule has 0 aliphatic heterocycles. The first-order chi connectivity index (χ1) is 9.38. The molecule has 0 aliphatic carbocycles. The highest BCUT2D eigenvalue weighted by molar-refractivity contribution is 7.99. The minimum atomic E-state index is 0.668. The van der Waals surface area contributed by atoms with E-state index in [1.54, 1.807) is 25.7 Å². The molecular formula is C12H15N5OS. The van der Waals surface area contributed by atoms with Gasteiger partial charge < -0.3 is 10.1 Å². The summed E-state index contributed by atoms with van der Waals surface area (Å²) in [4.78, 5) is 16.7. The molecule has 0 amide bonds. The lowest BCUT2D eigenvalue weighted by atomic mass is 10.3. The Morgan fingerprint density at radius 1 is 1.16 bits per heavy atom. The quantitative estimate of drug-likeness (QED) is 0.601. The third-order valence-electron chi connectivity index (χ3n) is 2.23. The molecule has 0 saturated heterocycles. The first-order valence-corrected chi connectivity index (χ1v) is 6.64. The largest absolute Gasteiger partial charge is 0.383 e. The molecule has 2 aromatic rings. The van der Waals surface area contributed by atoms with Crippen LogP contribution in [-0.2, 0) is 11.3 Å². The molecule has 6 nitrogen and oxygen atoms in total. The van der Waals surface area contributed by atoms with Crippen LogP contribution in [0.1, 0.15) is 5.56 Å². The standard InChI is InChI=1S/C12H15N5OS/c1-18-5-4-14-6-10-7-16-12(17-8-10)19-11-9-13-2-3-15-11/h2-3,7-9,14H,4-6H2,1H3. The van der Waals surface area contributed by atoms with Crippen LogP contribution in [0.2, 0.25) is 0 Å². The van der Waals surface area contributed by atoms with Gasteiger partial charge in [-0.3, -0.25) is 4.98 Å². The number of ether oxygens (including phenoxy) is 1. The third-order valence-corrected chi connectivity index (χ3v) is 3.04. The lowest BCUT2D eigenvalue weighted by molar-refractivity contribution is 0.199. The summed E-state index contributed by atoms with van der Waals surface area (Å²) in [6.07, 6.45) is 8.60. The number of rotatable bonds is 7. The van der Waals surface area contributed by atoms with Crippen LogP contribution in [0.15, 0.2) is 41.2 Å². The van der Waals surface area contributed by atoms with Crippen LogP contribution in [0.4, 0.5) is 0 Å². The SMILES string of the molecule is COCCNCc1cnc(Sc2cnccn2)nc1. The number of methoxy groups -OCH3 is 1. The van der Waals surface area contributed by atoms with Crippen molar-refractivity contribution in [1.29, 1.82) is 0 Å². The van der Waals surface area contributed by atoms with E-state index in [0.29, 0.717) is 11.8 Å². The van der Waals surface area contributed by atoms with Crippen LogP contribution in [0.5, 0.6) is 0 Å². The van der Waals surface area contributed by atoms with E-state index in [1.165, 1.54) is 11.8 Å². The van der Waals surface area contributed by atoms with Crippen LogP contribution in [0, 0.1) is 0 Å². The van der Waals surface area contributed by atoms with Crippen LogP contribution < -0.4 is 5.32 Å². The van der Waals surface area contributed by atoms with Gasteiger partial charge in [-0.1, -0.05) is 0 Å². The molecule has 0 radical (unpaired) electrons. The summed E-state index contributed by atoms with van der Waals surface area (Å²) in [7, 11) is 1.68. The smallest absolute Gasteiger partial charge is 0.193 e. The van der Waals surface area contributed by atoms with Gasteiger partial charge in [0.1, 0.15) is 5.03 Å². The molecule has 1 N–H and O–H groups in total. The molecule has 2 aromatic heterocycles. The van der Waals surface area contributed by atoms with E-state index < -0.39 is 0 Å². The van der Waals surface area contributed by atoms with Gasteiger partial charge >= 0.3 is 0 Å². The molecule has 0 unspecified atom stereocenters. The molecule has 0 fully saturated rings. The van der Waals surface area contributed by atoms with Gasteiger partial charge in [0.15, 0.2) is 5.16 Å². The van der Waals surface area contributed by atoms with Crippen molar-refractivity contribution in [3.05, 3.63) is 36.5 Å². The Hall–Kier alpha value is -1.57. The zero-order valence-electron chi connectivity index (χ0n) is 10.6. The lowest BCUT2D eigenvalue weighted by Gasteiger charge is -2.04. The van der Waals surface area contributed by atoms with Gasteiger partial charge in [0.05, 0.1) is 12.8 Å². The molecule has 2 rings (SSSR count). The normalized spacial score (nSPS) is 10.6. The summed E-state index contributed by atoms with van der Waals surface area (Å²) in [5.74, 6) is 0. The van der Waals surface area contributed by atoms with Gasteiger partial charge in [-0.15, -0.1) is 0 Å². The Balaban J connectivity index is 1.84. The molecule has 0 bridgehead atoms. The molecule has 0 atom stereocenters. The first kappa shape index (κ1) is 13.9. The van der Waals surface area contributed by atoms with Crippen LogP contribution >= 0.6 is 11.8 Å². The fourth-order valence-corrected chi connectivity index (χ4v) is 1.95. The third kappa shape index (κ3) is 4.90. The van der Waals surface area contributed by atoms with Gasteiger partial charge in [-0.25, -0.2) is 15.0 Å². The van der Waals surface area contributed by atoms with Crippen molar-refractivity contribution in [3.63, 3.8) is 0 Å². The van der Waals surface area contributed by atoms with Crippen LogP contribution in [0.3, 0.4) is 0 Å². The van der Waals surface area contributed by atoms with Gasteiger partial charge in [0, 0.05) is 50.6 Å². The van der Waals surface area contributed by atoms with Crippen molar-refractivity contribution in [1.82, 2.24) is 25.3 Å². The maximum atomic E-state index is 4.96. The molecular weight excluding hydrogens is 262 g/mol. The predicted octanol–water partition coefficient (Wildman–Crippen LogP) is 1.15. The highest BCUT2D eigenvalue weighted by Crippen LogP contribution is 2.20. The van der Waals surface area contributed by atoms with Crippen molar-refractivity contribution in [3.8, 4) is 0 Å². The van der Waals surface area contributed by atoms with Crippen molar-refractivity contribution in [2.45, 2.75) is 16.7 Å². The second kappa shape index (κ2) is 7.78. The van der Waals surface area contributed by atoms with Crippen LogP contribution in [0.25, 0.3) is 0 Å². The van der Waals surface area contributed by atoms with E-state index >= 15 is 0 Å². The van der Waals surface area contributed by atoms with E-state index in [9.17, 15) is 0 Å². The minimum absolute atomic E-state index is 0.668. The van der Waals surface area contributed by atoms with E-state index in [1.807, 2.05) is 12.4 Å². The number of hydrogen-bond acceptors (Lipinski definition) is 7. The molecule has 100 valence electrons. The molecule has 7 heteroatoms. The van der Waals surface area contributed by atoms with E-state index in [0.717, 1.165) is 23.7 Å². The molecule has 2 heterocycles. The average molecular weight is 277 g/mol. The maximum Gasteiger partial charge on any atom is 0.193 e. The molecule has 0 spiro atoms. The number of nitrogens with one attached hydrogen (secondary N) is 1. The summed E-state index contributed by atoms with van der Waals surface area (Å²) < 4.78 is 4.96. The van der Waals surface area contributed by atoms with Gasteiger partial charge in [0.2, 0.25) is 0 Å². The average Bonchev–Trinajstić information content (AvgIpc) is 2.46. The number of hydrogen-bond donors (Lipinski definition) is 1. The fraction of sp³-hybridized carbons (Fsp3) is 0.333. The monoisotopic (exact) mass is 277 g/mol. The van der Waals surface area contributed by atoms with Crippen molar-refractivity contribution in [2.75, 3.05) is 20.3 Å². The number of nitrogens with zero attached hydrogens (tertiary/aromatic N) is 4. The summed E-state index contributed by atoms with van der Waals surface area (Å²) in [6, 6.07) is 0. The Morgan fingerprint density at radius 3 is 2.68 bits per heavy atom. The van der Waals surface area contributed by atoms with Crippen LogP contribution in [-0.4, -0.2) is 40.2 Å². The molecule has 0 saturated carbocycles. The lowest BCUT2D eigenvalue weighted by Crippen LogP contribution is -2.18. The maximum absolute atomic E-state index is 4.96. The van der Waals surface area contributed by atoms with E-state index in [-0.39, 0.29) is 0 Å². The number of aromatic nitrogens is 4. The van der Waals surface area contributed by atoms with Crippen molar-refractivity contribution >= 4 is 11.8 Å². The molecule has 19 heavy (non-hydrogen) atoms.